The van der Waals surface area contributed by atoms with Crippen LogP contribution in [0.4, 0.5) is 18.9 Å². The lowest BCUT2D eigenvalue weighted by molar-refractivity contribution is -0.387. The molecule has 0 aliphatic rings. The molecule has 0 heterocycles. The molecule has 0 bridgehead atoms. The predicted molar refractivity (Wildman–Crippen MR) is 39.5 cm³/mol. The Kier molecular flexibility index (Phi) is 2.59. The highest BCUT2D eigenvalue weighted by Gasteiger charge is 2.25. The van der Waals surface area contributed by atoms with E-state index in [1.165, 1.54) is 0 Å². The van der Waals surface area contributed by atoms with E-state index < -0.39 is 33.8 Å². The fourth-order valence-electron chi connectivity index (χ4n) is 0.849. The van der Waals surface area contributed by atoms with Crippen molar-refractivity contribution in [2.24, 2.45) is 0 Å². The molecule has 0 saturated heterocycles. The van der Waals surface area contributed by atoms with Gasteiger partial charge in [-0.05, 0) is 0 Å². The summed E-state index contributed by atoms with van der Waals surface area (Å²) in [5, 5.41) is 10.2. The summed E-state index contributed by atoms with van der Waals surface area (Å²) < 4.78 is 42.4. The van der Waals surface area contributed by atoms with Gasteiger partial charge in [-0.1, -0.05) is 0 Å². The molecule has 0 radical (unpaired) electrons. The molecule has 4 nitrogen and oxygen atoms in total. The number of methoxy groups -OCH3 is 1. The van der Waals surface area contributed by atoms with Gasteiger partial charge in [0.15, 0.2) is 5.75 Å². The SMILES string of the molecule is COc1cc([N+](=O)[O-])c(F)c(F)c1F. The Labute approximate surface area is 76.1 Å². The fraction of sp³-hybridized carbons (Fsp3) is 0.143. The molecule has 0 aliphatic carbocycles. The Morgan fingerprint density at radius 1 is 1.29 bits per heavy atom. The second kappa shape index (κ2) is 3.52. The first kappa shape index (κ1) is 10.3. The van der Waals surface area contributed by atoms with E-state index in [0.29, 0.717) is 6.07 Å². The van der Waals surface area contributed by atoms with E-state index in [1.54, 1.807) is 0 Å². The molecule has 14 heavy (non-hydrogen) atoms. The molecule has 0 atom stereocenters. The van der Waals surface area contributed by atoms with Gasteiger partial charge in [0, 0.05) is 0 Å². The average molecular weight is 207 g/mol. The molecule has 0 saturated carbocycles. The van der Waals surface area contributed by atoms with Crippen molar-refractivity contribution in [3.63, 3.8) is 0 Å². The third kappa shape index (κ3) is 1.48. The summed E-state index contributed by atoms with van der Waals surface area (Å²) in [5.74, 6) is -6.06. The summed E-state index contributed by atoms with van der Waals surface area (Å²) in [6, 6.07) is 0.480. The van der Waals surface area contributed by atoms with Crippen LogP contribution in [0, 0.1) is 27.6 Å². The Morgan fingerprint density at radius 2 is 1.86 bits per heavy atom. The molecule has 0 aromatic heterocycles. The molecule has 1 aromatic rings. The summed E-state index contributed by atoms with van der Waals surface area (Å²) in [5.41, 5.74) is -1.17. The van der Waals surface area contributed by atoms with Crippen LogP contribution >= 0.6 is 0 Å². The summed E-state index contributed by atoms with van der Waals surface area (Å²) in [4.78, 5) is 9.01. The summed E-state index contributed by atoms with van der Waals surface area (Å²) in [7, 11) is 0.986. The van der Waals surface area contributed by atoms with Crippen molar-refractivity contribution in [3.8, 4) is 5.75 Å². The highest BCUT2D eigenvalue weighted by Crippen LogP contribution is 2.29. The smallest absolute Gasteiger partial charge is 0.311 e. The summed E-state index contributed by atoms with van der Waals surface area (Å²) >= 11 is 0. The van der Waals surface area contributed by atoms with Gasteiger partial charge in [0.1, 0.15) is 0 Å². The maximum absolute atomic E-state index is 12.7. The van der Waals surface area contributed by atoms with Crippen LogP contribution in [0.5, 0.6) is 5.75 Å². The Morgan fingerprint density at radius 3 is 2.29 bits per heavy atom. The molecule has 1 aromatic carbocycles. The number of halogens is 3. The molecule has 0 fully saturated rings. The Bertz CT molecular complexity index is 394. The van der Waals surface area contributed by atoms with Gasteiger partial charge in [0.2, 0.25) is 17.5 Å². The van der Waals surface area contributed by atoms with Gasteiger partial charge in [-0.15, -0.1) is 0 Å². The quantitative estimate of drug-likeness (QED) is 0.423. The largest absolute Gasteiger partial charge is 0.493 e. The highest BCUT2D eigenvalue weighted by molar-refractivity contribution is 5.41. The average Bonchev–Trinajstić information content (AvgIpc) is 2.14. The molecule has 76 valence electrons. The van der Waals surface area contributed by atoms with Crippen LogP contribution in [-0.2, 0) is 0 Å². The molecule has 0 unspecified atom stereocenters. The standard InChI is InChI=1S/C7H4F3NO3/c1-14-4-2-3(11(12)13)5(8)7(10)6(4)9/h2H,1H3. The second-order valence-corrected chi connectivity index (χ2v) is 2.30. The highest BCUT2D eigenvalue weighted by atomic mass is 19.2. The topological polar surface area (TPSA) is 52.4 Å². The minimum atomic E-state index is -1.92. The van der Waals surface area contributed by atoms with Crippen molar-refractivity contribution in [2.45, 2.75) is 0 Å². The van der Waals surface area contributed by atoms with E-state index in [-0.39, 0.29) is 0 Å². The van der Waals surface area contributed by atoms with Gasteiger partial charge >= 0.3 is 5.69 Å². The Balaban J connectivity index is 3.48. The lowest BCUT2D eigenvalue weighted by atomic mass is 10.2. The van der Waals surface area contributed by atoms with Gasteiger partial charge in [0.25, 0.3) is 0 Å². The number of hydrogen-bond donors (Lipinski definition) is 0. The van der Waals surface area contributed by atoms with E-state index in [0.717, 1.165) is 7.11 Å². The van der Waals surface area contributed by atoms with Crippen molar-refractivity contribution in [2.75, 3.05) is 7.11 Å². The van der Waals surface area contributed by atoms with Crippen molar-refractivity contribution >= 4 is 5.69 Å². The maximum atomic E-state index is 12.7. The van der Waals surface area contributed by atoms with E-state index in [4.69, 9.17) is 0 Å². The van der Waals surface area contributed by atoms with E-state index in [1.807, 2.05) is 0 Å². The van der Waals surface area contributed by atoms with Crippen molar-refractivity contribution in [1.29, 1.82) is 0 Å². The van der Waals surface area contributed by atoms with Crippen LogP contribution in [0.25, 0.3) is 0 Å². The van der Waals surface area contributed by atoms with Crippen LogP contribution in [0.3, 0.4) is 0 Å². The zero-order valence-corrected chi connectivity index (χ0v) is 6.88. The number of nitro benzene ring substituents is 1. The fourth-order valence-corrected chi connectivity index (χ4v) is 0.849. The minimum Gasteiger partial charge on any atom is -0.493 e. The second-order valence-electron chi connectivity index (χ2n) is 2.30. The minimum absolute atomic E-state index is 0.480. The van der Waals surface area contributed by atoms with Gasteiger partial charge in [-0.2, -0.15) is 8.78 Å². The van der Waals surface area contributed by atoms with E-state index in [2.05, 4.69) is 4.74 Å². The number of rotatable bonds is 2. The molecule has 0 N–H and O–H groups in total. The first-order valence-electron chi connectivity index (χ1n) is 3.35. The first-order valence-corrected chi connectivity index (χ1v) is 3.35. The number of ether oxygens (including phenoxy) is 1. The van der Waals surface area contributed by atoms with Gasteiger partial charge in [-0.3, -0.25) is 10.1 Å². The van der Waals surface area contributed by atoms with Gasteiger partial charge in [0.05, 0.1) is 18.1 Å². The molecule has 1 rings (SSSR count). The molecular weight excluding hydrogens is 203 g/mol. The van der Waals surface area contributed by atoms with Crippen molar-refractivity contribution < 1.29 is 22.8 Å². The van der Waals surface area contributed by atoms with Crippen molar-refractivity contribution in [3.05, 3.63) is 33.6 Å². The van der Waals surface area contributed by atoms with Gasteiger partial charge < -0.3 is 4.74 Å². The maximum Gasteiger partial charge on any atom is 0.311 e. The van der Waals surface area contributed by atoms with Crippen LogP contribution in [0.1, 0.15) is 0 Å². The number of nitro groups is 1. The first-order chi connectivity index (χ1) is 6.49. The van der Waals surface area contributed by atoms with Crippen LogP contribution in [0.2, 0.25) is 0 Å². The zero-order chi connectivity index (χ0) is 10.9. The molecule has 7 heteroatoms. The van der Waals surface area contributed by atoms with Crippen LogP contribution in [0.15, 0.2) is 6.07 Å². The normalized spacial score (nSPS) is 10.0. The third-order valence-corrected chi connectivity index (χ3v) is 1.51. The molecule has 0 spiro atoms. The number of nitrogens with zero attached hydrogens (tertiary/aromatic N) is 1. The summed E-state index contributed by atoms with van der Waals surface area (Å²) in [6.45, 7) is 0. The lowest BCUT2D eigenvalue weighted by Gasteiger charge is -2.03. The van der Waals surface area contributed by atoms with Crippen LogP contribution < -0.4 is 4.74 Å². The van der Waals surface area contributed by atoms with E-state index in [9.17, 15) is 23.3 Å². The van der Waals surface area contributed by atoms with Crippen LogP contribution in [-0.4, -0.2) is 12.0 Å². The molecule has 0 amide bonds. The zero-order valence-electron chi connectivity index (χ0n) is 6.88. The third-order valence-electron chi connectivity index (χ3n) is 1.51. The Hall–Kier alpha value is -1.79. The van der Waals surface area contributed by atoms with E-state index >= 15 is 0 Å². The van der Waals surface area contributed by atoms with Gasteiger partial charge in [-0.25, -0.2) is 4.39 Å². The lowest BCUT2D eigenvalue weighted by Crippen LogP contribution is -2.01. The predicted octanol–water partition coefficient (Wildman–Crippen LogP) is 2.02. The summed E-state index contributed by atoms with van der Waals surface area (Å²) in [6.07, 6.45) is 0. The molecule has 0 aliphatic heterocycles. The number of benzene rings is 1. The monoisotopic (exact) mass is 207 g/mol. The van der Waals surface area contributed by atoms with Crippen molar-refractivity contribution in [1.82, 2.24) is 0 Å². The molecular formula is C7H4F3NO3. The number of hydrogen-bond acceptors (Lipinski definition) is 3.